The molecular weight excluding hydrogens is 272 g/mol. The van der Waals surface area contributed by atoms with E-state index in [-0.39, 0.29) is 12.1 Å². The Morgan fingerprint density at radius 2 is 1.90 bits per heavy atom. The van der Waals surface area contributed by atoms with Gasteiger partial charge in [0.1, 0.15) is 0 Å². The lowest BCUT2D eigenvalue weighted by molar-refractivity contribution is 0.228. The number of rotatable bonds is 4. The van der Waals surface area contributed by atoms with Crippen molar-refractivity contribution in [3.8, 4) is 0 Å². The lowest BCUT2D eigenvalue weighted by Gasteiger charge is -2.25. The van der Waals surface area contributed by atoms with E-state index in [1.807, 2.05) is 24.3 Å². The molecule has 0 aliphatic heterocycles. The Morgan fingerprint density at radius 3 is 2.50 bits per heavy atom. The van der Waals surface area contributed by atoms with Gasteiger partial charge in [-0.25, -0.2) is 4.79 Å². The zero-order chi connectivity index (χ0) is 14.4. The summed E-state index contributed by atoms with van der Waals surface area (Å²) in [6.07, 6.45) is 6.80. The molecule has 0 heterocycles. The van der Waals surface area contributed by atoms with Crippen LogP contribution in [-0.4, -0.2) is 12.1 Å². The van der Waals surface area contributed by atoms with E-state index in [2.05, 4.69) is 17.6 Å². The van der Waals surface area contributed by atoms with E-state index in [0.29, 0.717) is 6.04 Å². The van der Waals surface area contributed by atoms with Crippen LogP contribution in [0.1, 0.15) is 57.1 Å². The predicted octanol–water partition coefficient (Wildman–Crippen LogP) is 4.42. The standard InChI is InChI=1S/C16H23ClN2O/c1-2-15(12-8-10-13(17)11-9-12)19-16(20)18-14-6-4-3-5-7-14/h8-11,14-15H,2-7H2,1H3,(H2,18,19,20). The molecule has 3 nitrogen and oxygen atoms in total. The third-order valence-corrected chi connectivity index (χ3v) is 4.18. The molecule has 0 aromatic heterocycles. The second-order valence-corrected chi connectivity index (χ2v) is 5.90. The molecule has 0 spiro atoms. The van der Waals surface area contributed by atoms with Crippen LogP contribution >= 0.6 is 11.6 Å². The van der Waals surface area contributed by atoms with Crippen LogP contribution in [0.5, 0.6) is 0 Å². The summed E-state index contributed by atoms with van der Waals surface area (Å²) in [6.45, 7) is 2.07. The molecule has 0 saturated heterocycles. The maximum absolute atomic E-state index is 12.1. The first-order valence-electron chi connectivity index (χ1n) is 7.51. The lowest BCUT2D eigenvalue weighted by atomic mass is 9.96. The van der Waals surface area contributed by atoms with Gasteiger partial charge in [-0.15, -0.1) is 0 Å². The van der Waals surface area contributed by atoms with Gasteiger partial charge in [-0.2, -0.15) is 0 Å². The van der Waals surface area contributed by atoms with Crippen molar-refractivity contribution in [3.63, 3.8) is 0 Å². The molecule has 0 bridgehead atoms. The molecule has 1 fully saturated rings. The molecule has 0 radical (unpaired) electrons. The zero-order valence-electron chi connectivity index (χ0n) is 12.0. The highest BCUT2D eigenvalue weighted by Crippen LogP contribution is 2.20. The van der Waals surface area contributed by atoms with Gasteiger partial charge < -0.3 is 10.6 Å². The highest BCUT2D eigenvalue weighted by atomic mass is 35.5. The van der Waals surface area contributed by atoms with Crippen molar-refractivity contribution in [2.24, 2.45) is 0 Å². The van der Waals surface area contributed by atoms with Crippen LogP contribution in [0.25, 0.3) is 0 Å². The van der Waals surface area contributed by atoms with Gasteiger partial charge in [-0.05, 0) is 37.0 Å². The van der Waals surface area contributed by atoms with Gasteiger partial charge >= 0.3 is 6.03 Å². The molecule has 2 rings (SSSR count). The molecule has 2 amide bonds. The Bertz CT molecular complexity index is 427. The van der Waals surface area contributed by atoms with E-state index in [0.717, 1.165) is 29.8 Å². The highest BCUT2D eigenvalue weighted by molar-refractivity contribution is 6.30. The first-order chi connectivity index (χ1) is 9.69. The molecule has 1 saturated carbocycles. The minimum atomic E-state index is -0.0568. The van der Waals surface area contributed by atoms with Gasteiger partial charge in [0.2, 0.25) is 0 Å². The zero-order valence-corrected chi connectivity index (χ0v) is 12.7. The molecule has 1 aromatic carbocycles. The van der Waals surface area contributed by atoms with E-state index in [1.54, 1.807) is 0 Å². The van der Waals surface area contributed by atoms with Crippen molar-refractivity contribution >= 4 is 17.6 Å². The Hall–Kier alpha value is -1.22. The maximum Gasteiger partial charge on any atom is 0.315 e. The second-order valence-electron chi connectivity index (χ2n) is 5.47. The van der Waals surface area contributed by atoms with Crippen LogP contribution in [0.2, 0.25) is 5.02 Å². The monoisotopic (exact) mass is 294 g/mol. The van der Waals surface area contributed by atoms with Gasteiger partial charge in [-0.3, -0.25) is 0 Å². The first-order valence-corrected chi connectivity index (χ1v) is 7.89. The van der Waals surface area contributed by atoms with Crippen LogP contribution in [0.3, 0.4) is 0 Å². The molecule has 1 aliphatic rings. The van der Waals surface area contributed by atoms with E-state index < -0.39 is 0 Å². The number of amides is 2. The fraction of sp³-hybridized carbons (Fsp3) is 0.562. The number of urea groups is 1. The van der Waals surface area contributed by atoms with E-state index in [9.17, 15) is 4.79 Å². The minimum Gasteiger partial charge on any atom is -0.335 e. The second kappa shape index (κ2) is 7.53. The summed E-state index contributed by atoms with van der Waals surface area (Å²) < 4.78 is 0. The molecular formula is C16H23ClN2O. The van der Waals surface area contributed by atoms with Crippen molar-refractivity contribution in [1.82, 2.24) is 10.6 Å². The van der Waals surface area contributed by atoms with E-state index in [1.165, 1.54) is 19.3 Å². The first kappa shape index (κ1) is 15.2. The summed E-state index contributed by atoms with van der Waals surface area (Å²) in [5.74, 6) is 0. The summed E-state index contributed by atoms with van der Waals surface area (Å²) in [6, 6.07) is 7.98. The van der Waals surface area contributed by atoms with Crippen LogP contribution in [-0.2, 0) is 0 Å². The number of carbonyl (C=O) groups is 1. The van der Waals surface area contributed by atoms with Gasteiger partial charge in [0, 0.05) is 11.1 Å². The number of hydrogen-bond acceptors (Lipinski definition) is 1. The average Bonchev–Trinajstić information content (AvgIpc) is 2.47. The summed E-state index contributed by atoms with van der Waals surface area (Å²) in [5, 5.41) is 6.86. The molecule has 4 heteroatoms. The Balaban J connectivity index is 1.88. The van der Waals surface area contributed by atoms with Gasteiger partial charge in [0.25, 0.3) is 0 Å². The fourth-order valence-electron chi connectivity index (χ4n) is 2.75. The summed E-state index contributed by atoms with van der Waals surface area (Å²) in [4.78, 5) is 12.1. The van der Waals surface area contributed by atoms with E-state index >= 15 is 0 Å². The topological polar surface area (TPSA) is 41.1 Å². The Kier molecular flexibility index (Phi) is 5.72. The molecule has 20 heavy (non-hydrogen) atoms. The van der Waals surface area contributed by atoms with Crippen molar-refractivity contribution in [3.05, 3.63) is 34.9 Å². The Morgan fingerprint density at radius 1 is 1.25 bits per heavy atom. The van der Waals surface area contributed by atoms with E-state index in [4.69, 9.17) is 11.6 Å². The summed E-state index contributed by atoms with van der Waals surface area (Å²) in [7, 11) is 0. The maximum atomic E-state index is 12.1. The normalized spacial score (nSPS) is 17.5. The van der Waals surface area contributed by atoms with Crippen LogP contribution in [0.15, 0.2) is 24.3 Å². The SMILES string of the molecule is CCC(NC(=O)NC1CCCCC1)c1ccc(Cl)cc1. The molecule has 1 aromatic rings. The average molecular weight is 295 g/mol. The molecule has 1 unspecified atom stereocenters. The highest BCUT2D eigenvalue weighted by Gasteiger charge is 2.18. The van der Waals surface area contributed by atoms with Crippen molar-refractivity contribution in [2.45, 2.75) is 57.5 Å². The molecule has 1 aliphatic carbocycles. The summed E-state index contributed by atoms with van der Waals surface area (Å²) in [5.41, 5.74) is 1.09. The van der Waals surface area contributed by atoms with Gasteiger partial charge in [0.05, 0.1) is 6.04 Å². The largest absolute Gasteiger partial charge is 0.335 e. The predicted molar refractivity (Wildman–Crippen MR) is 83.0 cm³/mol. The smallest absolute Gasteiger partial charge is 0.315 e. The van der Waals surface area contributed by atoms with Gasteiger partial charge in [0.15, 0.2) is 0 Å². The van der Waals surface area contributed by atoms with Crippen LogP contribution in [0, 0.1) is 0 Å². The number of benzene rings is 1. The fourth-order valence-corrected chi connectivity index (χ4v) is 2.87. The lowest BCUT2D eigenvalue weighted by Crippen LogP contribution is -2.44. The molecule has 110 valence electrons. The number of halogens is 1. The number of nitrogens with one attached hydrogen (secondary N) is 2. The van der Waals surface area contributed by atoms with Crippen molar-refractivity contribution in [2.75, 3.05) is 0 Å². The molecule has 1 atom stereocenters. The van der Waals surface area contributed by atoms with Gasteiger partial charge in [-0.1, -0.05) is 49.9 Å². The minimum absolute atomic E-state index is 0.0378. The Labute approximate surface area is 126 Å². The van der Waals surface area contributed by atoms with Crippen molar-refractivity contribution in [1.29, 1.82) is 0 Å². The third kappa shape index (κ3) is 4.41. The summed E-state index contributed by atoms with van der Waals surface area (Å²) >= 11 is 5.89. The van der Waals surface area contributed by atoms with Crippen molar-refractivity contribution < 1.29 is 4.79 Å². The van der Waals surface area contributed by atoms with Crippen LogP contribution in [0.4, 0.5) is 4.79 Å². The third-order valence-electron chi connectivity index (χ3n) is 3.93. The van der Waals surface area contributed by atoms with Crippen LogP contribution < -0.4 is 10.6 Å². The number of hydrogen-bond donors (Lipinski definition) is 2. The molecule has 2 N–H and O–H groups in total. The number of carbonyl (C=O) groups excluding carboxylic acids is 1. The quantitative estimate of drug-likeness (QED) is 0.848.